The Balaban J connectivity index is 2.28. The Morgan fingerprint density at radius 3 is 3.05 bits per heavy atom. The molecule has 1 aromatic rings. The molecule has 1 fully saturated rings. The van der Waals surface area contributed by atoms with Crippen molar-refractivity contribution >= 4 is 23.4 Å². The molecule has 2 unspecified atom stereocenters. The second-order valence-corrected chi connectivity index (χ2v) is 6.78. The van der Waals surface area contributed by atoms with Crippen LogP contribution in [0.15, 0.2) is 18.2 Å². The molecule has 112 valence electrons. The van der Waals surface area contributed by atoms with E-state index in [0.717, 1.165) is 36.6 Å². The van der Waals surface area contributed by atoms with E-state index in [4.69, 9.17) is 11.6 Å². The van der Waals surface area contributed by atoms with Crippen LogP contribution >= 0.6 is 23.4 Å². The van der Waals surface area contributed by atoms with Crippen molar-refractivity contribution in [2.75, 3.05) is 31.6 Å². The normalized spacial score (nSPS) is 21.9. The zero-order valence-corrected chi connectivity index (χ0v) is 13.6. The fourth-order valence-electron chi connectivity index (χ4n) is 2.56. The van der Waals surface area contributed by atoms with Crippen molar-refractivity contribution in [3.05, 3.63) is 34.6 Å². The zero-order valence-electron chi connectivity index (χ0n) is 12.0. The Bertz CT molecular complexity index is 444. The zero-order chi connectivity index (χ0) is 14.5. The van der Waals surface area contributed by atoms with Gasteiger partial charge in [0.15, 0.2) is 0 Å². The third-order valence-electron chi connectivity index (χ3n) is 3.74. The first-order valence-corrected chi connectivity index (χ1v) is 8.63. The third kappa shape index (κ3) is 3.88. The molecule has 1 aromatic carbocycles. The van der Waals surface area contributed by atoms with Gasteiger partial charge in [0.1, 0.15) is 5.82 Å². The van der Waals surface area contributed by atoms with Gasteiger partial charge >= 0.3 is 0 Å². The number of nitrogens with one attached hydrogen (secondary N) is 1. The van der Waals surface area contributed by atoms with Gasteiger partial charge in [-0.25, -0.2) is 4.39 Å². The van der Waals surface area contributed by atoms with Crippen molar-refractivity contribution in [2.24, 2.45) is 0 Å². The number of rotatable bonds is 5. The van der Waals surface area contributed by atoms with E-state index in [2.05, 4.69) is 24.2 Å². The van der Waals surface area contributed by atoms with Crippen LogP contribution in [-0.2, 0) is 0 Å². The summed E-state index contributed by atoms with van der Waals surface area (Å²) < 4.78 is 13.6. The average molecular weight is 317 g/mol. The quantitative estimate of drug-likeness (QED) is 0.894. The van der Waals surface area contributed by atoms with E-state index in [-0.39, 0.29) is 11.9 Å². The fraction of sp³-hybridized carbons (Fsp3) is 0.600. The molecule has 0 aliphatic carbocycles. The Morgan fingerprint density at radius 2 is 2.35 bits per heavy atom. The molecule has 1 aliphatic heterocycles. The van der Waals surface area contributed by atoms with Crippen LogP contribution in [0.4, 0.5) is 4.39 Å². The van der Waals surface area contributed by atoms with Gasteiger partial charge in [0.2, 0.25) is 0 Å². The topological polar surface area (TPSA) is 15.3 Å². The van der Waals surface area contributed by atoms with Crippen LogP contribution in [0, 0.1) is 5.82 Å². The van der Waals surface area contributed by atoms with Crippen LogP contribution in [0.1, 0.15) is 24.9 Å². The molecule has 1 saturated heterocycles. The van der Waals surface area contributed by atoms with Gasteiger partial charge in [-0.3, -0.25) is 4.90 Å². The highest BCUT2D eigenvalue weighted by atomic mass is 35.5. The minimum Gasteiger partial charge on any atom is -0.309 e. The lowest BCUT2D eigenvalue weighted by Crippen LogP contribution is -2.48. The predicted molar refractivity (Wildman–Crippen MR) is 86.2 cm³/mol. The Labute approximate surface area is 130 Å². The summed E-state index contributed by atoms with van der Waals surface area (Å²) in [4.78, 5) is 2.35. The summed E-state index contributed by atoms with van der Waals surface area (Å²) in [5, 5.41) is 4.19. The van der Waals surface area contributed by atoms with Crippen LogP contribution in [0.25, 0.3) is 0 Å². The first-order valence-electron chi connectivity index (χ1n) is 7.09. The largest absolute Gasteiger partial charge is 0.309 e. The minimum absolute atomic E-state index is 0.0796. The summed E-state index contributed by atoms with van der Waals surface area (Å²) in [6, 6.07) is 5.07. The highest BCUT2D eigenvalue weighted by molar-refractivity contribution is 7.99. The number of likely N-dealkylation sites (N-methyl/N-ethyl adjacent to an activating group) is 1. The van der Waals surface area contributed by atoms with Crippen LogP contribution in [0.2, 0.25) is 5.02 Å². The van der Waals surface area contributed by atoms with E-state index in [0.29, 0.717) is 11.1 Å². The molecule has 0 amide bonds. The summed E-state index contributed by atoms with van der Waals surface area (Å²) in [6.07, 6.45) is 1.05. The summed E-state index contributed by atoms with van der Waals surface area (Å²) in [5.74, 6) is 1.98. The molecule has 0 bridgehead atoms. The van der Waals surface area contributed by atoms with Crippen LogP contribution in [-0.4, -0.2) is 42.6 Å². The van der Waals surface area contributed by atoms with Crippen molar-refractivity contribution in [1.82, 2.24) is 10.2 Å². The molecular formula is C15H22ClFN2S. The molecule has 20 heavy (non-hydrogen) atoms. The number of halogens is 2. The van der Waals surface area contributed by atoms with Gasteiger partial charge in [-0.05, 0) is 43.8 Å². The Morgan fingerprint density at radius 1 is 1.55 bits per heavy atom. The minimum atomic E-state index is -0.223. The summed E-state index contributed by atoms with van der Waals surface area (Å²) in [6.45, 7) is 4.11. The van der Waals surface area contributed by atoms with Gasteiger partial charge < -0.3 is 5.32 Å². The lowest BCUT2D eigenvalue weighted by atomic mass is 9.98. The maximum absolute atomic E-state index is 13.6. The Kier molecular flexibility index (Phi) is 6.15. The molecule has 0 spiro atoms. The molecule has 0 saturated carbocycles. The molecule has 2 nitrogen and oxygen atoms in total. The van der Waals surface area contributed by atoms with Crippen molar-refractivity contribution in [1.29, 1.82) is 0 Å². The SMILES string of the molecule is CCCNC(c1cc(F)ccc1Cl)C1CSCCN1C. The molecule has 5 heteroatoms. The average Bonchev–Trinajstić information content (AvgIpc) is 2.44. The van der Waals surface area contributed by atoms with E-state index >= 15 is 0 Å². The van der Waals surface area contributed by atoms with Gasteiger partial charge in [0.05, 0.1) is 6.04 Å². The second-order valence-electron chi connectivity index (χ2n) is 5.22. The maximum Gasteiger partial charge on any atom is 0.123 e. The third-order valence-corrected chi connectivity index (χ3v) is 5.13. The summed E-state index contributed by atoms with van der Waals surface area (Å²) >= 11 is 8.26. The summed E-state index contributed by atoms with van der Waals surface area (Å²) in [7, 11) is 2.14. The number of nitrogens with zero attached hydrogens (tertiary/aromatic N) is 1. The Hall–Kier alpha value is -0.290. The van der Waals surface area contributed by atoms with Gasteiger partial charge in [-0.2, -0.15) is 11.8 Å². The van der Waals surface area contributed by atoms with E-state index < -0.39 is 0 Å². The molecule has 2 rings (SSSR count). The smallest absolute Gasteiger partial charge is 0.123 e. The fourth-order valence-corrected chi connectivity index (χ4v) is 4.07. The molecular weight excluding hydrogens is 295 g/mol. The van der Waals surface area contributed by atoms with Crippen LogP contribution in [0.5, 0.6) is 0 Å². The molecule has 1 aliphatic rings. The number of benzene rings is 1. The van der Waals surface area contributed by atoms with Crippen LogP contribution in [0.3, 0.4) is 0 Å². The second kappa shape index (κ2) is 7.64. The first kappa shape index (κ1) is 16.1. The van der Waals surface area contributed by atoms with E-state index in [1.807, 2.05) is 11.8 Å². The van der Waals surface area contributed by atoms with Gasteiger partial charge in [0.25, 0.3) is 0 Å². The molecule has 2 atom stereocenters. The lowest BCUT2D eigenvalue weighted by Gasteiger charge is -2.38. The molecule has 1 N–H and O–H groups in total. The van der Waals surface area contributed by atoms with Crippen molar-refractivity contribution < 1.29 is 4.39 Å². The number of hydrogen-bond acceptors (Lipinski definition) is 3. The van der Waals surface area contributed by atoms with E-state index in [1.165, 1.54) is 6.07 Å². The highest BCUT2D eigenvalue weighted by Gasteiger charge is 2.30. The number of thioether (sulfide) groups is 1. The standard InChI is InChI=1S/C15H22ClFN2S/c1-3-6-18-15(14-10-20-8-7-19(14)2)12-9-11(17)4-5-13(12)16/h4-5,9,14-15,18H,3,6-8,10H2,1-2H3. The van der Waals surface area contributed by atoms with Gasteiger partial charge in [-0.1, -0.05) is 18.5 Å². The molecule has 1 heterocycles. The monoisotopic (exact) mass is 316 g/mol. The van der Waals surface area contributed by atoms with E-state index in [9.17, 15) is 4.39 Å². The van der Waals surface area contributed by atoms with Crippen molar-refractivity contribution in [3.63, 3.8) is 0 Å². The summed E-state index contributed by atoms with van der Waals surface area (Å²) in [5.41, 5.74) is 0.875. The highest BCUT2D eigenvalue weighted by Crippen LogP contribution is 2.31. The lowest BCUT2D eigenvalue weighted by molar-refractivity contribution is 0.215. The predicted octanol–water partition coefficient (Wildman–Crippen LogP) is 3.57. The van der Waals surface area contributed by atoms with E-state index in [1.54, 1.807) is 12.1 Å². The van der Waals surface area contributed by atoms with Crippen LogP contribution < -0.4 is 5.32 Å². The molecule has 0 aromatic heterocycles. The van der Waals surface area contributed by atoms with Crippen molar-refractivity contribution in [3.8, 4) is 0 Å². The molecule has 0 radical (unpaired) electrons. The maximum atomic E-state index is 13.6. The van der Waals surface area contributed by atoms with Crippen molar-refractivity contribution in [2.45, 2.75) is 25.4 Å². The van der Waals surface area contributed by atoms with Gasteiger partial charge in [-0.15, -0.1) is 0 Å². The first-order chi connectivity index (χ1) is 9.63. The number of hydrogen-bond donors (Lipinski definition) is 1. The van der Waals surface area contributed by atoms with Gasteiger partial charge in [0, 0.05) is 29.1 Å².